The molecule has 4 heterocycles. The van der Waals surface area contributed by atoms with Crippen molar-refractivity contribution in [2.24, 2.45) is 0 Å². The molecule has 1 aromatic carbocycles. The summed E-state index contributed by atoms with van der Waals surface area (Å²) >= 11 is 1.47. The van der Waals surface area contributed by atoms with Gasteiger partial charge >= 0.3 is 6.03 Å². The molecule has 0 radical (unpaired) electrons. The van der Waals surface area contributed by atoms with Gasteiger partial charge in [-0.3, -0.25) is 19.7 Å². The SMILES string of the molecule is C[C@H]1CN(Cc2ccc(-c3cc4nccc(Oc5ccc(NC(=O)NC6CC6)cc5F)c4s3)nc2)CCN1C(=O)CO. The molecule has 2 aliphatic rings. The van der Waals surface area contributed by atoms with Gasteiger partial charge in [0.1, 0.15) is 12.4 Å². The number of fused-ring (bicyclic) bond motifs is 1. The maximum absolute atomic E-state index is 14.9. The first-order chi connectivity index (χ1) is 20.4. The molecule has 12 heteroatoms. The number of thiophene rings is 1. The number of hydrogen-bond acceptors (Lipinski definition) is 8. The number of benzene rings is 1. The number of urea groups is 1. The van der Waals surface area contributed by atoms with Gasteiger partial charge in [0.15, 0.2) is 11.6 Å². The Kier molecular flexibility index (Phi) is 8.00. The van der Waals surface area contributed by atoms with Crippen LogP contribution >= 0.6 is 11.3 Å². The van der Waals surface area contributed by atoms with E-state index in [1.165, 1.54) is 23.5 Å². The lowest BCUT2D eigenvalue weighted by Gasteiger charge is -2.39. The minimum atomic E-state index is -0.589. The lowest BCUT2D eigenvalue weighted by atomic mass is 10.1. The number of aromatic nitrogens is 2. The van der Waals surface area contributed by atoms with Crippen LogP contribution in [0.15, 0.2) is 54.9 Å². The molecule has 1 aliphatic heterocycles. The van der Waals surface area contributed by atoms with Crippen LogP contribution in [0.25, 0.3) is 20.8 Å². The lowest BCUT2D eigenvalue weighted by Crippen LogP contribution is -2.54. The Morgan fingerprint density at radius 3 is 2.69 bits per heavy atom. The minimum absolute atomic E-state index is 0.0367. The second kappa shape index (κ2) is 12.0. The fourth-order valence-corrected chi connectivity index (χ4v) is 6.08. The summed E-state index contributed by atoms with van der Waals surface area (Å²) in [6.07, 6.45) is 5.41. The highest BCUT2D eigenvalue weighted by atomic mass is 32.1. The molecule has 1 aliphatic carbocycles. The van der Waals surface area contributed by atoms with Gasteiger partial charge in [-0.2, -0.15) is 0 Å². The molecule has 2 fully saturated rings. The van der Waals surface area contributed by atoms with E-state index in [1.54, 1.807) is 23.2 Å². The lowest BCUT2D eigenvalue weighted by molar-refractivity contribution is -0.138. The van der Waals surface area contributed by atoms with Gasteiger partial charge in [0.2, 0.25) is 5.91 Å². The molecule has 0 spiro atoms. The summed E-state index contributed by atoms with van der Waals surface area (Å²) in [5.41, 5.74) is 2.93. The van der Waals surface area contributed by atoms with Crippen LogP contribution in [0, 0.1) is 5.82 Å². The zero-order valence-corrected chi connectivity index (χ0v) is 23.9. The van der Waals surface area contributed by atoms with Crippen molar-refractivity contribution in [3.8, 4) is 22.1 Å². The molecule has 1 atom stereocenters. The predicted octanol–water partition coefficient (Wildman–Crippen LogP) is 4.60. The Hall–Kier alpha value is -4.13. The number of carbonyl (C=O) groups excluding carboxylic acids is 2. The van der Waals surface area contributed by atoms with E-state index >= 15 is 0 Å². The largest absolute Gasteiger partial charge is 0.453 e. The predicted molar refractivity (Wildman–Crippen MR) is 158 cm³/mol. The number of anilines is 1. The summed E-state index contributed by atoms with van der Waals surface area (Å²) in [4.78, 5) is 37.9. The zero-order valence-electron chi connectivity index (χ0n) is 23.0. The molecule has 1 saturated carbocycles. The first-order valence-electron chi connectivity index (χ1n) is 13.9. The van der Waals surface area contributed by atoms with Crippen LogP contribution in [0.3, 0.4) is 0 Å². The molecule has 10 nitrogen and oxygen atoms in total. The smallest absolute Gasteiger partial charge is 0.319 e. The average molecular weight is 591 g/mol. The van der Waals surface area contributed by atoms with Crippen LogP contribution in [-0.4, -0.2) is 75.1 Å². The number of ether oxygens (including phenoxy) is 1. The van der Waals surface area contributed by atoms with E-state index in [0.29, 0.717) is 18.0 Å². The normalized spacial score (nSPS) is 17.3. The van der Waals surface area contributed by atoms with Gasteiger partial charge in [0, 0.05) is 68.5 Å². The summed E-state index contributed by atoms with van der Waals surface area (Å²) in [7, 11) is 0. The number of carbonyl (C=O) groups is 2. The van der Waals surface area contributed by atoms with Gasteiger partial charge in [0.05, 0.1) is 20.8 Å². The molecule has 4 aromatic rings. The highest BCUT2D eigenvalue weighted by molar-refractivity contribution is 7.22. The van der Waals surface area contributed by atoms with Gasteiger partial charge in [-0.15, -0.1) is 11.3 Å². The van der Waals surface area contributed by atoms with Gasteiger partial charge in [-0.25, -0.2) is 9.18 Å². The van der Waals surface area contributed by atoms with Gasteiger partial charge in [-0.05, 0) is 49.6 Å². The molecule has 3 amide bonds. The fraction of sp³-hybridized carbons (Fsp3) is 0.333. The van der Waals surface area contributed by atoms with Crippen molar-refractivity contribution < 1.29 is 23.8 Å². The molecule has 6 rings (SSSR count). The van der Waals surface area contributed by atoms with Crippen LogP contribution in [0.4, 0.5) is 14.9 Å². The molecule has 0 bridgehead atoms. The van der Waals surface area contributed by atoms with Gasteiger partial charge in [0.25, 0.3) is 0 Å². The number of pyridine rings is 2. The minimum Gasteiger partial charge on any atom is -0.453 e. The average Bonchev–Trinajstić information content (AvgIpc) is 3.68. The first-order valence-corrected chi connectivity index (χ1v) is 14.7. The monoisotopic (exact) mass is 590 g/mol. The van der Waals surface area contributed by atoms with Crippen molar-refractivity contribution in [2.45, 2.75) is 38.4 Å². The Morgan fingerprint density at radius 1 is 1.12 bits per heavy atom. The molecule has 3 aromatic heterocycles. The van der Waals surface area contributed by atoms with Crippen LogP contribution in [0.2, 0.25) is 0 Å². The molecule has 1 saturated heterocycles. The molecule has 42 heavy (non-hydrogen) atoms. The first kappa shape index (κ1) is 28.0. The van der Waals surface area contributed by atoms with Gasteiger partial charge < -0.3 is 25.4 Å². The molecule has 218 valence electrons. The number of aliphatic hydroxyl groups excluding tert-OH is 1. The Balaban J connectivity index is 1.12. The molecular formula is C30H31FN6O4S. The van der Waals surface area contributed by atoms with Crippen LogP contribution in [0.1, 0.15) is 25.3 Å². The number of piperazine rings is 1. The third-order valence-electron chi connectivity index (χ3n) is 7.35. The van der Waals surface area contributed by atoms with E-state index in [9.17, 15) is 14.0 Å². The zero-order chi connectivity index (χ0) is 29.2. The maximum atomic E-state index is 14.9. The van der Waals surface area contributed by atoms with Crippen molar-refractivity contribution in [1.82, 2.24) is 25.1 Å². The number of aliphatic hydroxyl groups is 1. The molecule has 0 unspecified atom stereocenters. The number of nitrogens with one attached hydrogen (secondary N) is 2. The number of amides is 3. The molecular weight excluding hydrogens is 559 g/mol. The van der Waals surface area contributed by atoms with Crippen molar-refractivity contribution in [3.05, 3.63) is 66.2 Å². The Bertz CT molecular complexity index is 1610. The van der Waals surface area contributed by atoms with Crippen molar-refractivity contribution in [1.29, 1.82) is 0 Å². The summed E-state index contributed by atoms with van der Waals surface area (Å²) in [6, 6.07) is 11.9. The number of rotatable bonds is 8. The topological polar surface area (TPSA) is 120 Å². The van der Waals surface area contributed by atoms with E-state index < -0.39 is 12.4 Å². The second-order valence-electron chi connectivity index (χ2n) is 10.6. The van der Waals surface area contributed by atoms with E-state index in [0.717, 1.165) is 58.8 Å². The van der Waals surface area contributed by atoms with Crippen molar-refractivity contribution >= 4 is 39.2 Å². The number of nitrogens with zero attached hydrogens (tertiary/aromatic N) is 4. The fourth-order valence-electron chi connectivity index (χ4n) is 5.04. The summed E-state index contributed by atoms with van der Waals surface area (Å²) in [5.74, 6) is -0.297. The van der Waals surface area contributed by atoms with Crippen LogP contribution in [-0.2, 0) is 11.3 Å². The third-order valence-corrected chi connectivity index (χ3v) is 8.51. The van der Waals surface area contributed by atoms with E-state index in [1.807, 2.05) is 31.3 Å². The van der Waals surface area contributed by atoms with Gasteiger partial charge in [-0.1, -0.05) is 6.07 Å². The quantitative estimate of drug-likeness (QED) is 0.274. The highest BCUT2D eigenvalue weighted by Gasteiger charge is 2.27. The summed E-state index contributed by atoms with van der Waals surface area (Å²) in [6.45, 7) is 4.31. The van der Waals surface area contributed by atoms with Crippen LogP contribution < -0.4 is 15.4 Å². The van der Waals surface area contributed by atoms with E-state index in [-0.39, 0.29) is 29.8 Å². The number of halogens is 1. The molecule has 3 N–H and O–H groups in total. The van der Waals surface area contributed by atoms with Crippen molar-refractivity contribution in [3.63, 3.8) is 0 Å². The Labute approximate surface area is 246 Å². The van der Waals surface area contributed by atoms with E-state index in [4.69, 9.17) is 9.84 Å². The highest BCUT2D eigenvalue weighted by Crippen LogP contribution is 2.39. The maximum Gasteiger partial charge on any atom is 0.319 e. The third kappa shape index (κ3) is 6.35. The Morgan fingerprint density at radius 2 is 1.98 bits per heavy atom. The number of hydrogen-bond donors (Lipinski definition) is 3. The summed E-state index contributed by atoms with van der Waals surface area (Å²) < 4.78 is 21.6. The second-order valence-corrected chi connectivity index (χ2v) is 11.7. The summed E-state index contributed by atoms with van der Waals surface area (Å²) in [5, 5.41) is 14.6. The van der Waals surface area contributed by atoms with Crippen molar-refractivity contribution in [2.75, 3.05) is 31.6 Å². The van der Waals surface area contributed by atoms with Crippen LogP contribution in [0.5, 0.6) is 11.5 Å². The standard InChI is InChI=1S/C30H31FN6O4S/c1-18-15-36(10-11-37(18)28(39)17-38)16-19-2-6-23(33-14-19)27-13-24-29(42-27)26(8-9-32-24)41-25-7-5-21(12-22(25)31)35-30(40)34-20-3-4-20/h2,5-9,12-14,18,20,38H,3-4,10-11,15-17H2,1H3,(H2,34,35,40)/t18-/m0/s1. The van der Waals surface area contributed by atoms with E-state index in [2.05, 4.69) is 25.5 Å².